The van der Waals surface area contributed by atoms with Crippen LogP contribution in [0.1, 0.15) is 19.8 Å². The summed E-state index contributed by atoms with van der Waals surface area (Å²) in [5.74, 6) is -0.108. The molecular weight excluding hydrogens is 206 g/mol. The molecule has 0 aromatic carbocycles. The Bertz CT molecular complexity index is 200. The van der Waals surface area contributed by atoms with E-state index < -0.39 is 10.1 Å². The maximum absolute atomic E-state index is 9.95. The van der Waals surface area contributed by atoms with Gasteiger partial charge in [0.25, 0.3) is 10.1 Å². The zero-order chi connectivity index (χ0) is 10.9. The van der Waals surface area contributed by atoms with E-state index in [1.54, 1.807) is 0 Å². The maximum atomic E-state index is 9.95. The second kappa shape index (κ2) is 8.16. The fourth-order valence-electron chi connectivity index (χ4n) is 0.842. The molecule has 0 bridgehead atoms. The molecule has 1 rings (SSSR count). The van der Waals surface area contributed by atoms with Gasteiger partial charge in [-0.05, 0) is 6.42 Å². The van der Waals surface area contributed by atoms with Crippen molar-refractivity contribution in [3.63, 3.8) is 0 Å². The molecule has 6 heteroatoms. The summed E-state index contributed by atoms with van der Waals surface area (Å²) < 4.78 is 33.0. The van der Waals surface area contributed by atoms with Crippen molar-refractivity contribution in [1.29, 1.82) is 0 Å². The Morgan fingerprint density at radius 1 is 1.36 bits per heavy atom. The minimum absolute atomic E-state index is 0.108. The van der Waals surface area contributed by atoms with E-state index in [1.807, 2.05) is 6.92 Å². The van der Waals surface area contributed by atoms with Crippen LogP contribution in [0.15, 0.2) is 0 Å². The molecule has 0 saturated carbocycles. The van der Waals surface area contributed by atoms with Gasteiger partial charge in [-0.1, -0.05) is 13.3 Å². The van der Waals surface area contributed by atoms with Gasteiger partial charge in [-0.25, -0.2) is 0 Å². The van der Waals surface area contributed by atoms with Crippen LogP contribution in [0.25, 0.3) is 0 Å². The van der Waals surface area contributed by atoms with Gasteiger partial charge in [-0.15, -0.1) is 0 Å². The first-order chi connectivity index (χ1) is 6.56. The van der Waals surface area contributed by atoms with Crippen molar-refractivity contribution in [2.75, 3.05) is 32.1 Å². The number of hydrogen-bond donors (Lipinski definition) is 2. The van der Waals surface area contributed by atoms with Crippen LogP contribution in [0.2, 0.25) is 0 Å². The van der Waals surface area contributed by atoms with E-state index in [2.05, 4.69) is 5.32 Å². The van der Waals surface area contributed by atoms with Crippen molar-refractivity contribution >= 4 is 10.1 Å². The highest BCUT2D eigenvalue weighted by molar-refractivity contribution is 7.85. The fourth-order valence-corrected chi connectivity index (χ4v) is 1.50. The predicted molar refractivity (Wildman–Crippen MR) is 55.0 cm³/mol. The van der Waals surface area contributed by atoms with E-state index in [1.165, 1.54) is 0 Å². The van der Waals surface area contributed by atoms with Crippen LogP contribution < -0.4 is 5.32 Å². The van der Waals surface area contributed by atoms with Gasteiger partial charge >= 0.3 is 0 Å². The third-order valence-corrected chi connectivity index (χ3v) is 2.41. The van der Waals surface area contributed by atoms with E-state index >= 15 is 0 Å². The molecular formula is C8H19NO4S. The summed E-state index contributed by atoms with van der Waals surface area (Å²) in [6, 6.07) is 0. The van der Waals surface area contributed by atoms with Crippen LogP contribution in [0, 0.1) is 0 Å². The lowest BCUT2D eigenvalue weighted by molar-refractivity contribution is 0.109. The van der Waals surface area contributed by atoms with E-state index in [0.717, 1.165) is 32.7 Å². The van der Waals surface area contributed by atoms with Crippen LogP contribution in [0.5, 0.6) is 0 Å². The monoisotopic (exact) mass is 225 g/mol. The second-order valence-corrected chi connectivity index (χ2v) is 4.57. The van der Waals surface area contributed by atoms with Crippen LogP contribution in [0.3, 0.4) is 0 Å². The van der Waals surface area contributed by atoms with Crippen molar-refractivity contribution in [2.24, 2.45) is 0 Å². The summed E-state index contributed by atoms with van der Waals surface area (Å²) in [6.45, 7) is 5.70. The third kappa shape index (κ3) is 11.8. The average Bonchev–Trinajstić information content (AvgIpc) is 2.17. The zero-order valence-electron chi connectivity index (χ0n) is 8.53. The minimum Gasteiger partial charge on any atom is -0.379 e. The van der Waals surface area contributed by atoms with Gasteiger partial charge in [-0.2, -0.15) is 8.42 Å². The summed E-state index contributed by atoms with van der Waals surface area (Å²) in [5, 5.41) is 3.16. The Hall–Kier alpha value is -0.170. The van der Waals surface area contributed by atoms with E-state index in [-0.39, 0.29) is 5.75 Å². The van der Waals surface area contributed by atoms with Crippen molar-refractivity contribution < 1.29 is 17.7 Å². The molecule has 0 aliphatic carbocycles. The molecule has 0 aromatic rings. The Morgan fingerprint density at radius 2 is 1.93 bits per heavy atom. The Morgan fingerprint density at radius 3 is 2.07 bits per heavy atom. The molecule has 0 aromatic heterocycles. The summed E-state index contributed by atoms with van der Waals surface area (Å²) in [4.78, 5) is 0. The quantitative estimate of drug-likeness (QED) is 0.675. The predicted octanol–water partition coefficient (Wildman–Crippen LogP) is 0.281. The second-order valence-electron chi connectivity index (χ2n) is 3.00. The lowest BCUT2D eigenvalue weighted by Gasteiger charge is -2.10. The van der Waals surface area contributed by atoms with Crippen molar-refractivity contribution in [2.45, 2.75) is 19.8 Å². The van der Waals surface area contributed by atoms with E-state index in [4.69, 9.17) is 9.29 Å². The molecule has 0 unspecified atom stereocenters. The van der Waals surface area contributed by atoms with Gasteiger partial charge in [0.2, 0.25) is 0 Å². The number of rotatable bonds is 3. The molecule has 2 N–H and O–H groups in total. The first kappa shape index (κ1) is 13.8. The van der Waals surface area contributed by atoms with Gasteiger partial charge in [0.15, 0.2) is 0 Å². The molecule has 1 heterocycles. The first-order valence-corrected chi connectivity index (χ1v) is 6.41. The SMILES string of the molecule is C1COCCN1.CCCCS(=O)(=O)O. The summed E-state index contributed by atoms with van der Waals surface area (Å²) >= 11 is 0. The van der Waals surface area contributed by atoms with Crippen LogP contribution in [-0.4, -0.2) is 45.0 Å². The van der Waals surface area contributed by atoms with Gasteiger partial charge in [0, 0.05) is 13.1 Å². The molecule has 1 fully saturated rings. The smallest absolute Gasteiger partial charge is 0.264 e. The Labute approximate surface area is 85.6 Å². The van der Waals surface area contributed by atoms with E-state index in [9.17, 15) is 8.42 Å². The van der Waals surface area contributed by atoms with Crippen LogP contribution in [0.4, 0.5) is 0 Å². The topological polar surface area (TPSA) is 75.6 Å². The van der Waals surface area contributed by atoms with Crippen molar-refractivity contribution in [3.05, 3.63) is 0 Å². The molecule has 86 valence electrons. The number of hydrogen-bond acceptors (Lipinski definition) is 4. The number of nitrogens with one attached hydrogen (secondary N) is 1. The third-order valence-electron chi connectivity index (χ3n) is 1.60. The van der Waals surface area contributed by atoms with Gasteiger partial charge < -0.3 is 10.1 Å². The number of ether oxygens (including phenoxy) is 1. The number of unbranched alkanes of at least 4 members (excludes halogenated alkanes) is 1. The highest BCUT2D eigenvalue weighted by Crippen LogP contribution is 1.90. The highest BCUT2D eigenvalue weighted by Gasteiger charge is 2.00. The Kier molecular flexibility index (Phi) is 8.07. The largest absolute Gasteiger partial charge is 0.379 e. The zero-order valence-corrected chi connectivity index (χ0v) is 9.35. The van der Waals surface area contributed by atoms with Gasteiger partial charge in [0.1, 0.15) is 0 Å². The molecule has 1 saturated heterocycles. The molecule has 5 nitrogen and oxygen atoms in total. The van der Waals surface area contributed by atoms with Crippen LogP contribution >= 0.6 is 0 Å². The molecule has 0 spiro atoms. The molecule has 0 amide bonds. The molecule has 0 atom stereocenters. The van der Waals surface area contributed by atoms with E-state index in [0.29, 0.717) is 6.42 Å². The first-order valence-electron chi connectivity index (χ1n) is 4.80. The molecule has 14 heavy (non-hydrogen) atoms. The molecule has 1 aliphatic heterocycles. The van der Waals surface area contributed by atoms with Crippen molar-refractivity contribution in [1.82, 2.24) is 5.32 Å². The fraction of sp³-hybridized carbons (Fsp3) is 1.00. The maximum Gasteiger partial charge on any atom is 0.264 e. The van der Waals surface area contributed by atoms with Crippen molar-refractivity contribution in [3.8, 4) is 0 Å². The lowest BCUT2D eigenvalue weighted by Crippen LogP contribution is -2.30. The van der Waals surface area contributed by atoms with Crippen LogP contribution in [-0.2, 0) is 14.9 Å². The molecule has 0 radical (unpaired) electrons. The molecule has 1 aliphatic rings. The number of morpholine rings is 1. The van der Waals surface area contributed by atoms with Gasteiger partial charge in [-0.3, -0.25) is 4.55 Å². The normalized spacial score (nSPS) is 17.0. The highest BCUT2D eigenvalue weighted by atomic mass is 32.2. The summed E-state index contributed by atoms with van der Waals surface area (Å²) in [5.41, 5.74) is 0. The average molecular weight is 225 g/mol. The van der Waals surface area contributed by atoms with Gasteiger partial charge in [0.05, 0.1) is 19.0 Å². The summed E-state index contributed by atoms with van der Waals surface area (Å²) in [7, 11) is -3.69. The summed E-state index contributed by atoms with van der Waals surface area (Å²) in [6.07, 6.45) is 1.33. The lowest BCUT2D eigenvalue weighted by atomic mass is 10.4. The Balaban J connectivity index is 0.000000249. The minimum atomic E-state index is -3.69. The standard InChI is InChI=1S/C4H9NO.C4H10O3S/c1-3-6-4-2-5-1;1-2-3-4-8(5,6)7/h5H,1-4H2;2-4H2,1H3,(H,5,6,7).